The lowest BCUT2D eigenvalue weighted by Crippen LogP contribution is -2.47. The van der Waals surface area contributed by atoms with Gasteiger partial charge in [-0.3, -0.25) is 14.5 Å². The summed E-state index contributed by atoms with van der Waals surface area (Å²) in [7, 11) is 0. The van der Waals surface area contributed by atoms with Gasteiger partial charge in [0.05, 0.1) is 6.54 Å². The van der Waals surface area contributed by atoms with Crippen molar-refractivity contribution in [1.29, 1.82) is 0 Å². The highest BCUT2D eigenvalue weighted by atomic mass is 35.5. The minimum Gasteiger partial charge on any atom is -0.369 e. The lowest BCUT2D eigenvalue weighted by atomic mass is 10.1. The van der Waals surface area contributed by atoms with Crippen LogP contribution in [0.4, 0.5) is 0 Å². The molecule has 0 bridgehead atoms. The summed E-state index contributed by atoms with van der Waals surface area (Å²) >= 11 is 6.04. The summed E-state index contributed by atoms with van der Waals surface area (Å²) in [6, 6.07) is 7.77. The van der Waals surface area contributed by atoms with Gasteiger partial charge in [0.15, 0.2) is 0 Å². The van der Waals surface area contributed by atoms with Crippen LogP contribution < -0.4 is 11.1 Å². The Bertz CT molecular complexity index is 750. The number of hydrogen-bond acceptors (Lipinski definition) is 3. The first-order valence-electron chi connectivity index (χ1n) is 8.05. The topological polar surface area (TPSA) is 80.4 Å². The Balaban J connectivity index is 1.54. The molecule has 6 nitrogen and oxygen atoms in total. The highest BCUT2D eigenvalue weighted by Crippen LogP contribution is 2.20. The molecule has 2 amide bonds. The van der Waals surface area contributed by atoms with Crippen molar-refractivity contribution in [2.24, 2.45) is 5.73 Å². The van der Waals surface area contributed by atoms with Crippen LogP contribution in [0.15, 0.2) is 30.5 Å². The number of benzene rings is 1. The summed E-state index contributed by atoms with van der Waals surface area (Å²) in [4.78, 5) is 25.3. The lowest BCUT2D eigenvalue weighted by Gasteiger charge is -2.31. The number of carbonyl (C=O) groups excluding carboxylic acids is 2. The van der Waals surface area contributed by atoms with E-state index in [4.69, 9.17) is 17.3 Å². The summed E-state index contributed by atoms with van der Waals surface area (Å²) in [6.07, 6.45) is 3.56. The lowest BCUT2D eigenvalue weighted by molar-refractivity contribution is -0.123. The minimum atomic E-state index is -0.310. The van der Waals surface area contributed by atoms with E-state index >= 15 is 0 Å². The number of primary amides is 1. The number of likely N-dealkylation sites (tertiary alicyclic amines) is 1. The van der Waals surface area contributed by atoms with Crippen LogP contribution in [0.2, 0.25) is 5.02 Å². The Hall–Kier alpha value is -2.05. The van der Waals surface area contributed by atoms with Crippen molar-refractivity contribution in [2.75, 3.05) is 19.6 Å². The summed E-state index contributed by atoms with van der Waals surface area (Å²) < 4.78 is 1.90. The zero-order chi connectivity index (χ0) is 17.1. The number of aromatic nitrogens is 1. The molecule has 1 aromatic carbocycles. The highest BCUT2D eigenvalue weighted by Gasteiger charge is 2.21. The smallest absolute Gasteiger partial charge is 0.240 e. The third-order valence-corrected chi connectivity index (χ3v) is 4.62. The number of nitrogens with two attached hydrogens (primary N) is 1. The molecule has 2 aromatic rings. The predicted molar refractivity (Wildman–Crippen MR) is 93.7 cm³/mol. The van der Waals surface area contributed by atoms with E-state index in [0.29, 0.717) is 5.02 Å². The van der Waals surface area contributed by atoms with Gasteiger partial charge in [0.1, 0.15) is 6.54 Å². The van der Waals surface area contributed by atoms with Crippen molar-refractivity contribution < 1.29 is 9.59 Å². The molecule has 3 N–H and O–H groups in total. The van der Waals surface area contributed by atoms with E-state index in [2.05, 4.69) is 5.32 Å². The Kier molecular flexibility index (Phi) is 5.06. The Morgan fingerprint density at radius 3 is 2.67 bits per heavy atom. The van der Waals surface area contributed by atoms with Crippen LogP contribution in [0, 0.1) is 0 Å². The molecule has 1 aromatic heterocycles. The number of nitrogens with zero attached hydrogens (tertiary/aromatic N) is 2. The normalized spacial score (nSPS) is 16.4. The van der Waals surface area contributed by atoms with Gasteiger partial charge in [-0.15, -0.1) is 0 Å². The van der Waals surface area contributed by atoms with E-state index < -0.39 is 0 Å². The highest BCUT2D eigenvalue weighted by molar-refractivity contribution is 6.31. The van der Waals surface area contributed by atoms with Crippen LogP contribution in [0.25, 0.3) is 10.9 Å². The Morgan fingerprint density at radius 1 is 1.21 bits per heavy atom. The zero-order valence-corrected chi connectivity index (χ0v) is 14.1. The molecular formula is C17H21ClN4O2. The largest absolute Gasteiger partial charge is 0.369 e. The van der Waals surface area contributed by atoms with E-state index in [9.17, 15) is 9.59 Å². The second-order valence-electron chi connectivity index (χ2n) is 6.23. The third-order valence-electron chi connectivity index (χ3n) is 4.38. The standard InChI is InChI=1S/C17H21ClN4O2/c18-13-2-1-12-3-8-22(15(12)9-13)11-17(24)20-14-4-6-21(7-5-14)10-16(19)23/h1-3,8-9,14H,4-7,10-11H2,(H2,19,23)(H,20,24). The molecule has 128 valence electrons. The number of rotatable bonds is 5. The second-order valence-corrected chi connectivity index (χ2v) is 6.67. The van der Waals surface area contributed by atoms with E-state index in [1.165, 1.54) is 0 Å². The van der Waals surface area contributed by atoms with Crippen LogP contribution in [0.3, 0.4) is 0 Å². The molecule has 3 rings (SSSR count). The fourth-order valence-corrected chi connectivity index (χ4v) is 3.35. The van der Waals surface area contributed by atoms with Crippen molar-refractivity contribution in [3.05, 3.63) is 35.5 Å². The quantitative estimate of drug-likeness (QED) is 0.856. The van der Waals surface area contributed by atoms with Crippen molar-refractivity contribution >= 4 is 34.3 Å². The molecule has 0 aliphatic carbocycles. The number of nitrogens with one attached hydrogen (secondary N) is 1. The van der Waals surface area contributed by atoms with Gasteiger partial charge >= 0.3 is 0 Å². The molecule has 0 atom stereocenters. The van der Waals surface area contributed by atoms with Gasteiger partial charge in [0, 0.05) is 35.9 Å². The number of halogens is 1. The van der Waals surface area contributed by atoms with Crippen molar-refractivity contribution in [2.45, 2.75) is 25.4 Å². The average molecular weight is 349 g/mol. The first-order chi connectivity index (χ1) is 11.5. The Morgan fingerprint density at radius 2 is 1.96 bits per heavy atom. The van der Waals surface area contributed by atoms with Gasteiger partial charge in [-0.05, 0) is 36.4 Å². The summed E-state index contributed by atoms with van der Waals surface area (Å²) in [6.45, 7) is 2.11. The number of amides is 2. The summed E-state index contributed by atoms with van der Waals surface area (Å²) in [5.41, 5.74) is 6.16. The molecule has 2 heterocycles. The molecule has 0 saturated carbocycles. The molecule has 7 heteroatoms. The first kappa shape index (κ1) is 16.8. The van der Waals surface area contributed by atoms with Crippen LogP contribution in [0.5, 0.6) is 0 Å². The first-order valence-corrected chi connectivity index (χ1v) is 8.43. The van der Waals surface area contributed by atoms with Crippen LogP contribution >= 0.6 is 11.6 Å². The molecule has 1 aliphatic rings. The zero-order valence-electron chi connectivity index (χ0n) is 13.4. The molecule has 1 aliphatic heterocycles. The fraction of sp³-hybridized carbons (Fsp3) is 0.412. The van der Waals surface area contributed by atoms with Gasteiger partial charge < -0.3 is 15.6 Å². The van der Waals surface area contributed by atoms with Gasteiger partial charge in [0.2, 0.25) is 11.8 Å². The SMILES string of the molecule is NC(=O)CN1CCC(NC(=O)Cn2ccc3ccc(Cl)cc32)CC1. The second kappa shape index (κ2) is 7.23. The van der Waals surface area contributed by atoms with Gasteiger partial charge in [0.25, 0.3) is 0 Å². The number of fused-ring (bicyclic) bond motifs is 1. The Labute approximate surface area is 145 Å². The third kappa shape index (κ3) is 4.07. The molecule has 1 fully saturated rings. The molecule has 1 saturated heterocycles. The number of piperidine rings is 1. The molecule has 0 spiro atoms. The van der Waals surface area contributed by atoms with E-state index in [0.717, 1.165) is 36.8 Å². The maximum absolute atomic E-state index is 12.3. The summed E-state index contributed by atoms with van der Waals surface area (Å²) in [5.74, 6) is -0.323. The number of hydrogen-bond donors (Lipinski definition) is 2. The minimum absolute atomic E-state index is 0.0131. The monoisotopic (exact) mass is 348 g/mol. The maximum atomic E-state index is 12.3. The van der Waals surface area contributed by atoms with Gasteiger partial charge in [-0.2, -0.15) is 0 Å². The molecule has 0 unspecified atom stereocenters. The van der Waals surface area contributed by atoms with Crippen molar-refractivity contribution in [3.63, 3.8) is 0 Å². The molecule has 24 heavy (non-hydrogen) atoms. The maximum Gasteiger partial charge on any atom is 0.240 e. The van der Waals surface area contributed by atoms with Crippen LogP contribution in [0.1, 0.15) is 12.8 Å². The van der Waals surface area contributed by atoms with Crippen molar-refractivity contribution in [3.8, 4) is 0 Å². The summed E-state index contributed by atoms with van der Waals surface area (Å²) in [5, 5.41) is 4.79. The average Bonchev–Trinajstić information content (AvgIpc) is 2.91. The van der Waals surface area contributed by atoms with E-state index in [1.54, 1.807) is 0 Å². The predicted octanol–water partition coefficient (Wildman–Crippen LogP) is 1.36. The molecular weight excluding hydrogens is 328 g/mol. The van der Waals surface area contributed by atoms with Crippen molar-refractivity contribution in [1.82, 2.24) is 14.8 Å². The molecule has 0 radical (unpaired) electrons. The van der Waals surface area contributed by atoms with E-state index in [1.807, 2.05) is 39.9 Å². The van der Waals surface area contributed by atoms with Gasteiger partial charge in [-0.1, -0.05) is 17.7 Å². The van der Waals surface area contributed by atoms with Crippen LogP contribution in [-0.2, 0) is 16.1 Å². The number of carbonyl (C=O) groups is 2. The van der Waals surface area contributed by atoms with Crippen LogP contribution in [-0.4, -0.2) is 47.0 Å². The van der Waals surface area contributed by atoms with Gasteiger partial charge in [-0.25, -0.2) is 0 Å². The fourth-order valence-electron chi connectivity index (χ4n) is 3.18. The van der Waals surface area contributed by atoms with E-state index in [-0.39, 0.29) is 30.9 Å².